The third-order valence-electron chi connectivity index (χ3n) is 4.18. The molecule has 0 N–H and O–H groups in total. The predicted octanol–water partition coefficient (Wildman–Crippen LogP) is 4.38. The van der Waals surface area contributed by atoms with Crippen molar-refractivity contribution in [2.24, 2.45) is 0 Å². The molecular formula is C19H19FO3. The highest BCUT2D eigenvalue weighted by Gasteiger charge is 2.30. The van der Waals surface area contributed by atoms with Gasteiger partial charge < -0.3 is 9.47 Å². The van der Waals surface area contributed by atoms with E-state index in [1.807, 2.05) is 12.2 Å². The molecule has 23 heavy (non-hydrogen) atoms. The summed E-state index contributed by atoms with van der Waals surface area (Å²) in [4.78, 5) is 12.0. The maximum Gasteiger partial charge on any atom is 0.306 e. The molecule has 0 aromatic heterocycles. The van der Waals surface area contributed by atoms with E-state index in [1.54, 1.807) is 25.3 Å². The molecule has 2 aliphatic rings. The minimum Gasteiger partial charge on any atom is -0.466 e. The fourth-order valence-corrected chi connectivity index (χ4v) is 3.13. The molecule has 0 radical (unpaired) electrons. The molecule has 0 fully saturated rings. The minimum atomic E-state index is -0.287. The molecule has 1 aromatic rings. The van der Waals surface area contributed by atoms with Crippen LogP contribution >= 0.6 is 0 Å². The molecule has 4 heteroatoms. The highest BCUT2D eigenvalue weighted by molar-refractivity contribution is 5.71. The Morgan fingerprint density at radius 1 is 1.30 bits per heavy atom. The number of esters is 1. The normalized spacial score (nSPS) is 17.4. The summed E-state index contributed by atoms with van der Waals surface area (Å²) in [7, 11) is 0. The van der Waals surface area contributed by atoms with E-state index in [9.17, 15) is 9.18 Å². The van der Waals surface area contributed by atoms with Gasteiger partial charge in [-0.3, -0.25) is 4.79 Å². The molecule has 1 aliphatic heterocycles. The van der Waals surface area contributed by atoms with Gasteiger partial charge in [0.2, 0.25) is 0 Å². The van der Waals surface area contributed by atoms with Crippen molar-refractivity contribution in [3.63, 3.8) is 0 Å². The Bertz CT molecular complexity index is 683. The highest BCUT2D eigenvalue weighted by atomic mass is 19.1. The number of benzene rings is 1. The molecular weight excluding hydrogens is 295 g/mol. The molecule has 0 saturated carbocycles. The Balaban J connectivity index is 1.95. The molecule has 0 spiro atoms. The van der Waals surface area contributed by atoms with Crippen molar-refractivity contribution in [3.05, 3.63) is 71.0 Å². The van der Waals surface area contributed by atoms with Crippen molar-refractivity contribution < 1.29 is 18.7 Å². The van der Waals surface area contributed by atoms with Crippen LogP contribution in [-0.4, -0.2) is 12.6 Å². The zero-order chi connectivity index (χ0) is 16.2. The van der Waals surface area contributed by atoms with Gasteiger partial charge in [-0.2, -0.15) is 0 Å². The SMILES string of the molecule is CCOC(=O)CC(C1=C2OC=CC=C2CC1)c1ccc(F)cc1. The maximum atomic E-state index is 13.2. The number of fused-ring (bicyclic) bond motifs is 1. The molecule has 0 amide bonds. The van der Waals surface area contributed by atoms with Crippen molar-refractivity contribution >= 4 is 5.97 Å². The van der Waals surface area contributed by atoms with E-state index in [1.165, 1.54) is 12.1 Å². The zero-order valence-corrected chi connectivity index (χ0v) is 13.0. The average Bonchev–Trinajstić information content (AvgIpc) is 2.98. The monoisotopic (exact) mass is 314 g/mol. The summed E-state index contributed by atoms with van der Waals surface area (Å²) in [5, 5.41) is 0. The fourth-order valence-electron chi connectivity index (χ4n) is 3.13. The van der Waals surface area contributed by atoms with Gasteiger partial charge in [-0.05, 0) is 54.7 Å². The van der Waals surface area contributed by atoms with Gasteiger partial charge in [0.25, 0.3) is 0 Å². The van der Waals surface area contributed by atoms with Crippen molar-refractivity contribution in [2.75, 3.05) is 6.61 Å². The number of carbonyl (C=O) groups is 1. The van der Waals surface area contributed by atoms with Gasteiger partial charge in [0.1, 0.15) is 11.6 Å². The van der Waals surface area contributed by atoms with Gasteiger partial charge in [0.05, 0.1) is 19.3 Å². The van der Waals surface area contributed by atoms with E-state index in [0.29, 0.717) is 6.61 Å². The van der Waals surface area contributed by atoms with Crippen LogP contribution in [0.5, 0.6) is 0 Å². The molecule has 1 heterocycles. The van der Waals surface area contributed by atoms with Crippen molar-refractivity contribution in [1.82, 2.24) is 0 Å². The number of ether oxygens (including phenoxy) is 2. The predicted molar refractivity (Wildman–Crippen MR) is 85.0 cm³/mol. The first-order valence-corrected chi connectivity index (χ1v) is 7.86. The Hall–Kier alpha value is -2.36. The van der Waals surface area contributed by atoms with Crippen molar-refractivity contribution in [1.29, 1.82) is 0 Å². The van der Waals surface area contributed by atoms with Crippen molar-refractivity contribution in [2.45, 2.75) is 32.1 Å². The lowest BCUT2D eigenvalue weighted by Gasteiger charge is -2.20. The number of hydrogen-bond donors (Lipinski definition) is 0. The molecule has 0 bridgehead atoms. The quantitative estimate of drug-likeness (QED) is 0.757. The van der Waals surface area contributed by atoms with Crippen LogP contribution in [0.25, 0.3) is 0 Å². The molecule has 1 unspecified atom stereocenters. The summed E-state index contributed by atoms with van der Waals surface area (Å²) in [6.07, 6.45) is 7.53. The van der Waals surface area contributed by atoms with Crippen LogP contribution in [0.2, 0.25) is 0 Å². The first-order chi connectivity index (χ1) is 11.2. The van der Waals surface area contributed by atoms with Gasteiger partial charge in [-0.1, -0.05) is 18.2 Å². The molecule has 3 nitrogen and oxygen atoms in total. The molecule has 1 atom stereocenters. The van der Waals surface area contributed by atoms with Crippen LogP contribution in [0.1, 0.15) is 37.7 Å². The molecule has 120 valence electrons. The summed E-state index contributed by atoms with van der Waals surface area (Å²) in [6, 6.07) is 6.30. The molecule has 1 aromatic carbocycles. The summed E-state index contributed by atoms with van der Waals surface area (Å²) in [6.45, 7) is 2.14. The van der Waals surface area contributed by atoms with Gasteiger partial charge >= 0.3 is 5.97 Å². The van der Waals surface area contributed by atoms with Crippen LogP contribution in [0.15, 0.2) is 59.6 Å². The van der Waals surface area contributed by atoms with Crippen LogP contribution in [0.3, 0.4) is 0 Å². The second kappa shape index (κ2) is 6.82. The standard InChI is InChI=1S/C19H19FO3/c1-2-22-18(21)12-17(13-5-8-15(20)9-6-13)16-10-7-14-4-3-11-23-19(14)16/h3-6,8-9,11,17H,2,7,10,12H2,1H3. The summed E-state index contributed by atoms with van der Waals surface area (Å²) in [5.74, 6) is 0.164. The van der Waals surface area contributed by atoms with E-state index in [-0.39, 0.29) is 24.1 Å². The maximum absolute atomic E-state index is 13.2. The second-order valence-corrected chi connectivity index (χ2v) is 5.61. The number of allylic oxidation sites excluding steroid dienone is 4. The van der Waals surface area contributed by atoms with E-state index in [2.05, 4.69) is 0 Å². The smallest absolute Gasteiger partial charge is 0.306 e. The lowest BCUT2D eigenvalue weighted by atomic mass is 9.87. The number of hydrogen-bond acceptors (Lipinski definition) is 3. The Kier molecular flexibility index (Phi) is 4.60. The summed E-state index contributed by atoms with van der Waals surface area (Å²) in [5.41, 5.74) is 3.14. The molecule has 3 rings (SSSR count). The second-order valence-electron chi connectivity index (χ2n) is 5.61. The lowest BCUT2D eigenvalue weighted by molar-refractivity contribution is -0.143. The van der Waals surface area contributed by atoms with E-state index in [4.69, 9.17) is 9.47 Å². The van der Waals surface area contributed by atoms with Crippen LogP contribution in [0.4, 0.5) is 4.39 Å². The molecule has 0 saturated heterocycles. The van der Waals surface area contributed by atoms with E-state index < -0.39 is 0 Å². The Morgan fingerprint density at radius 2 is 2.09 bits per heavy atom. The third-order valence-corrected chi connectivity index (χ3v) is 4.18. The molecule has 1 aliphatic carbocycles. The topological polar surface area (TPSA) is 35.5 Å². The zero-order valence-electron chi connectivity index (χ0n) is 13.0. The highest BCUT2D eigenvalue weighted by Crippen LogP contribution is 2.43. The van der Waals surface area contributed by atoms with Crippen LogP contribution in [-0.2, 0) is 14.3 Å². The largest absolute Gasteiger partial charge is 0.466 e. The van der Waals surface area contributed by atoms with E-state index >= 15 is 0 Å². The fraction of sp³-hybridized carbons (Fsp3) is 0.316. The third kappa shape index (κ3) is 3.36. The minimum absolute atomic E-state index is 0.151. The number of halogens is 1. The van der Waals surface area contributed by atoms with Crippen LogP contribution in [0, 0.1) is 5.82 Å². The first kappa shape index (κ1) is 15.5. The number of rotatable bonds is 5. The van der Waals surface area contributed by atoms with Crippen molar-refractivity contribution in [3.8, 4) is 0 Å². The van der Waals surface area contributed by atoms with Gasteiger partial charge in [-0.25, -0.2) is 4.39 Å². The Morgan fingerprint density at radius 3 is 2.83 bits per heavy atom. The van der Waals surface area contributed by atoms with Gasteiger partial charge in [0, 0.05) is 5.92 Å². The van der Waals surface area contributed by atoms with E-state index in [0.717, 1.165) is 35.3 Å². The summed E-state index contributed by atoms with van der Waals surface area (Å²) < 4.78 is 24.0. The lowest BCUT2D eigenvalue weighted by Crippen LogP contribution is -2.13. The Labute approximate surface area is 135 Å². The summed E-state index contributed by atoms with van der Waals surface area (Å²) >= 11 is 0. The average molecular weight is 314 g/mol. The van der Waals surface area contributed by atoms with Crippen LogP contribution < -0.4 is 0 Å². The van der Waals surface area contributed by atoms with Gasteiger partial charge in [-0.15, -0.1) is 0 Å². The van der Waals surface area contributed by atoms with Gasteiger partial charge in [0.15, 0.2) is 0 Å². The number of carbonyl (C=O) groups excluding carboxylic acids is 1. The first-order valence-electron chi connectivity index (χ1n) is 7.86.